The van der Waals surface area contributed by atoms with Gasteiger partial charge in [-0.15, -0.1) is 0 Å². The van der Waals surface area contributed by atoms with Crippen LogP contribution in [0, 0.1) is 13.8 Å². The molecule has 1 fully saturated rings. The van der Waals surface area contributed by atoms with Crippen molar-refractivity contribution in [2.75, 3.05) is 39.4 Å². The van der Waals surface area contributed by atoms with Gasteiger partial charge in [0.15, 0.2) is 5.11 Å². The maximum Gasteiger partial charge on any atom is 0.273 e. The molecule has 23 heavy (non-hydrogen) atoms. The first-order chi connectivity index (χ1) is 11.1. The molecule has 0 spiro atoms. The van der Waals surface area contributed by atoms with Crippen molar-refractivity contribution in [3.63, 3.8) is 0 Å². The molecule has 1 amide bonds. The summed E-state index contributed by atoms with van der Waals surface area (Å²) in [6.07, 6.45) is 1.02. The quantitative estimate of drug-likeness (QED) is 0.323. The number of hydrazine groups is 1. The van der Waals surface area contributed by atoms with E-state index < -0.39 is 0 Å². The zero-order valence-corrected chi connectivity index (χ0v) is 14.5. The average Bonchev–Trinajstić information content (AvgIpc) is 2.89. The van der Waals surface area contributed by atoms with E-state index in [0.717, 1.165) is 45.8 Å². The van der Waals surface area contributed by atoms with Gasteiger partial charge in [0.1, 0.15) is 24.6 Å². The molecule has 8 heteroatoms. The van der Waals surface area contributed by atoms with Crippen LogP contribution in [0.4, 0.5) is 0 Å². The molecular weight excluding hydrogens is 316 g/mol. The predicted octanol–water partition coefficient (Wildman–Crippen LogP) is -0.689. The lowest BCUT2D eigenvalue weighted by atomic mass is 10.2. The van der Waals surface area contributed by atoms with E-state index in [1.165, 1.54) is 0 Å². The molecule has 128 valence electrons. The number of amides is 1. The van der Waals surface area contributed by atoms with Crippen LogP contribution in [0.5, 0.6) is 0 Å². The maximum atomic E-state index is 12.0. The van der Waals surface area contributed by atoms with Gasteiger partial charge in [-0.1, -0.05) is 0 Å². The minimum atomic E-state index is -0.263. The molecule has 1 aliphatic heterocycles. The molecule has 0 bridgehead atoms. The number of carbonyl (C=O) groups is 1. The van der Waals surface area contributed by atoms with E-state index in [9.17, 15) is 4.79 Å². The van der Waals surface area contributed by atoms with Crippen molar-refractivity contribution in [1.29, 1.82) is 0 Å². The summed E-state index contributed by atoms with van der Waals surface area (Å²) in [5, 5.41) is 3.50. The smallest absolute Gasteiger partial charge is 0.273 e. The van der Waals surface area contributed by atoms with Crippen LogP contribution in [-0.4, -0.2) is 50.4 Å². The molecule has 0 unspecified atom stereocenters. The van der Waals surface area contributed by atoms with Gasteiger partial charge in [-0.25, -0.2) is 0 Å². The van der Waals surface area contributed by atoms with E-state index in [0.29, 0.717) is 22.2 Å². The van der Waals surface area contributed by atoms with Crippen molar-refractivity contribution in [2.24, 2.45) is 0 Å². The lowest BCUT2D eigenvalue weighted by molar-refractivity contribution is -0.908. The third-order valence-electron chi connectivity index (χ3n) is 3.77. The topological polar surface area (TPSA) is 80.0 Å². The van der Waals surface area contributed by atoms with Gasteiger partial charge in [0.05, 0.1) is 25.3 Å². The van der Waals surface area contributed by atoms with Crippen LogP contribution < -0.4 is 21.1 Å². The van der Waals surface area contributed by atoms with Gasteiger partial charge in [-0.3, -0.25) is 15.6 Å². The van der Waals surface area contributed by atoms with Gasteiger partial charge in [-0.05, 0) is 32.1 Å². The zero-order chi connectivity index (χ0) is 16.7. The number of carbonyl (C=O) groups excluding carboxylic acids is 1. The van der Waals surface area contributed by atoms with E-state index >= 15 is 0 Å². The number of ether oxygens (including phenoxy) is 1. The summed E-state index contributed by atoms with van der Waals surface area (Å²) in [5.74, 6) is 1.04. The van der Waals surface area contributed by atoms with E-state index in [1.807, 2.05) is 0 Å². The first kappa shape index (κ1) is 17.7. The number of furan rings is 1. The lowest BCUT2D eigenvalue weighted by Crippen LogP contribution is -3.14. The molecule has 2 heterocycles. The summed E-state index contributed by atoms with van der Waals surface area (Å²) in [5.41, 5.74) is 5.79. The van der Waals surface area contributed by atoms with Crippen LogP contribution >= 0.6 is 12.2 Å². The fourth-order valence-corrected chi connectivity index (χ4v) is 2.68. The lowest BCUT2D eigenvalue weighted by Gasteiger charge is -2.23. The highest BCUT2D eigenvalue weighted by Gasteiger charge is 2.14. The Balaban J connectivity index is 1.59. The van der Waals surface area contributed by atoms with Crippen molar-refractivity contribution < 1.29 is 18.8 Å². The van der Waals surface area contributed by atoms with Crippen molar-refractivity contribution in [3.05, 3.63) is 23.2 Å². The second-order valence-electron chi connectivity index (χ2n) is 5.63. The Morgan fingerprint density at radius 1 is 1.30 bits per heavy atom. The number of rotatable bonds is 5. The van der Waals surface area contributed by atoms with Crippen LogP contribution in [0.1, 0.15) is 28.3 Å². The second-order valence-corrected chi connectivity index (χ2v) is 6.04. The first-order valence-corrected chi connectivity index (χ1v) is 8.29. The predicted molar refractivity (Wildman–Crippen MR) is 90.4 cm³/mol. The molecule has 1 aromatic heterocycles. The third kappa shape index (κ3) is 5.81. The van der Waals surface area contributed by atoms with Crippen LogP contribution in [0.3, 0.4) is 0 Å². The van der Waals surface area contributed by atoms with Gasteiger partial charge >= 0.3 is 0 Å². The average molecular weight is 341 g/mol. The van der Waals surface area contributed by atoms with Gasteiger partial charge < -0.3 is 19.4 Å². The molecule has 0 atom stereocenters. The van der Waals surface area contributed by atoms with Gasteiger partial charge in [0.2, 0.25) is 0 Å². The fourth-order valence-electron chi connectivity index (χ4n) is 2.53. The molecular formula is C15H25N4O3S+. The molecule has 1 aromatic rings. The molecule has 0 aliphatic carbocycles. The monoisotopic (exact) mass is 341 g/mol. The standard InChI is InChI=1S/C15H24N4O3S/c1-11-10-13(12(2)22-11)14(20)17-18-15(23)16-4-3-5-19-6-8-21-9-7-19/h10H,3-9H2,1-2H3,(H,17,20)(H2,16,18,23)/p+1. The summed E-state index contributed by atoms with van der Waals surface area (Å²) in [4.78, 5) is 13.5. The van der Waals surface area contributed by atoms with E-state index in [2.05, 4.69) is 16.2 Å². The number of aryl methyl sites for hydroxylation is 2. The van der Waals surface area contributed by atoms with E-state index in [-0.39, 0.29) is 5.91 Å². The highest BCUT2D eigenvalue weighted by atomic mass is 32.1. The van der Waals surface area contributed by atoms with Crippen LogP contribution in [0.15, 0.2) is 10.5 Å². The largest absolute Gasteiger partial charge is 0.466 e. The summed E-state index contributed by atoms with van der Waals surface area (Å²) in [6.45, 7) is 9.27. The molecule has 1 saturated heterocycles. The third-order valence-corrected chi connectivity index (χ3v) is 4.01. The molecule has 2 rings (SSSR count). The Morgan fingerprint density at radius 3 is 2.70 bits per heavy atom. The first-order valence-electron chi connectivity index (χ1n) is 7.89. The SMILES string of the molecule is Cc1cc(C(=O)NNC(=S)NCCC[NH+]2CCOCC2)c(C)o1. The number of morpholine rings is 1. The second kappa shape index (κ2) is 8.85. The van der Waals surface area contributed by atoms with Crippen molar-refractivity contribution >= 4 is 23.2 Å². The van der Waals surface area contributed by atoms with Crippen molar-refractivity contribution in [2.45, 2.75) is 20.3 Å². The normalized spacial score (nSPS) is 15.2. The number of nitrogens with one attached hydrogen (secondary N) is 4. The summed E-state index contributed by atoms with van der Waals surface area (Å²) in [6, 6.07) is 1.70. The molecule has 0 aromatic carbocycles. The Hall–Kier alpha value is -1.64. The number of quaternary nitrogens is 1. The van der Waals surface area contributed by atoms with Gasteiger partial charge in [0, 0.05) is 13.0 Å². The molecule has 1 aliphatic rings. The Morgan fingerprint density at radius 2 is 2.04 bits per heavy atom. The number of hydrogen-bond acceptors (Lipinski definition) is 4. The highest BCUT2D eigenvalue weighted by molar-refractivity contribution is 7.80. The van der Waals surface area contributed by atoms with Gasteiger partial charge in [0.25, 0.3) is 5.91 Å². The van der Waals surface area contributed by atoms with Crippen molar-refractivity contribution in [3.8, 4) is 0 Å². The Bertz CT molecular complexity index is 541. The summed E-state index contributed by atoms with van der Waals surface area (Å²) in [7, 11) is 0. The summed E-state index contributed by atoms with van der Waals surface area (Å²) < 4.78 is 10.7. The maximum absolute atomic E-state index is 12.0. The number of hydrogen-bond donors (Lipinski definition) is 4. The molecule has 4 N–H and O–H groups in total. The van der Waals surface area contributed by atoms with Crippen LogP contribution in [0.25, 0.3) is 0 Å². The minimum Gasteiger partial charge on any atom is -0.466 e. The van der Waals surface area contributed by atoms with E-state index in [4.69, 9.17) is 21.4 Å². The summed E-state index contributed by atoms with van der Waals surface area (Å²) >= 11 is 5.14. The number of thiocarbonyl (C=S) groups is 1. The molecule has 0 saturated carbocycles. The van der Waals surface area contributed by atoms with Crippen LogP contribution in [0.2, 0.25) is 0 Å². The molecule has 0 radical (unpaired) electrons. The van der Waals surface area contributed by atoms with Crippen molar-refractivity contribution in [1.82, 2.24) is 16.2 Å². The molecule has 7 nitrogen and oxygen atoms in total. The van der Waals surface area contributed by atoms with Crippen LogP contribution in [-0.2, 0) is 4.74 Å². The fraction of sp³-hybridized carbons (Fsp3) is 0.600. The Kier molecular flexibility index (Phi) is 6.82. The highest BCUT2D eigenvalue weighted by Crippen LogP contribution is 2.12. The van der Waals surface area contributed by atoms with Gasteiger partial charge in [-0.2, -0.15) is 0 Å². The zero-order valence-electron chi connectivity index (χ0n) is 13.7. The minimum absolute atomic E-state index is 0.263. The van der Waals surface area contributed by atoms with E-state index in [1.54, 1.807) is 24.8 Å². The Labute approximate surface area is 141 Å².